The van der Waals surface area contributed by atoms with E-state index in [0.29, 0.717) is 5.15 Å². The molecule has 0 unspecified atom stereocenters. The summed E-state index contributed by atoms with van der Waals surface area (Å²) in [6.45, 7) is 5.98. The second-order valence-corrected chi connectivity index (χ2v) is 5.44. The van der Waals surface area contributed by atoms with Gasteiger partial charge in [-0.25, -0.2) is 9.97 Å². The fourth-order valence-electron chi connectivity index (χ4n) is 1.53. The number of aryl methyl sites for hydroxylation is 2. The predicted octanol–water partition coefficient (Wildman–Crippen LogP) is 4.44. The lowest BCUT2D eigenvalue weighted by Gasteiger charge is -2.07. The molecule has 96 valence electrons. The van der Waals surface area contributed by atoms with Crippen LogP contribution in [0.1, 0.15) is 30.5 Å². The second-order valence-electron chi connectivity index (χ2n) is 4.05. The van der Waals surface area contributed by atoms with Crippen molar-refractivity contribution in [3.05, 3.63) is 34.6 Å². The minimum absolute atomic E-state index is 0.539. The van der Waals surface area contributed by atoms with Gasteiger partial charge in [0.05, 0.1) is 11.2 Å². The number of aromatic nitrogens is 2. The Hall–Kier alpha value is -1.00. The van der Waals surface area contributed by atoms with E-state index in [1.165, 1.54) is 0 Å². The lowest BCUT2D eigenvalue weighted by molar-refractivity contribution is 0.527. The first kappa shape index (κ1) is 13.4. The third-order valence-corrected chi connectivity index (χ3v) is 4.18. The predicted molar refractivity (Wildman–Crippen MR) is 73.3 cm³/mol. The van der Waals surface area contributed by atoms with Crippen LogP contribution in [0.15, 0.2) is 26.7 Å². The molecule has 0 aromatic carbocycles. The maximum atomic E-state index is 6.15. The summed E-state index contributed by atoms with van der Waals surface area (Å²) >= 11 is 7.72. The molecule has 0 aliphatic carbocycles. The van der Waals surface area contributed by atoms with Crippen molar-refractivity contribution in [2.75, 3.05) is 0 Å². The van der Waals surface area contributed by atoms with Gasteiger partial charge in [-0.15, -0.1) is 0 Å². The van der Waals surface area contributed by atoms with Crippen LogP contribution in [0.25, 0.3) is 0 Å². The van der Waals surface area contributed by atoms with Crippen molar-refractivity contribution >= 4 is 23.4 Å². The van der Waals surface area contributed by atoms with E-state index in [9.17, 15) is 0 Å². The van der Waals surface area contributed by atoms with E-state index in [0.717, 1.165) is 39.9 Å². The minimum Gasteiger partial charge on any atom is -0.468 e. The van der Waals surface area contributed by atoms with Crippen molar-refractivity contribution in [2.24, 2.45) is 0 Å². The highest BCUT2D eigenvalue weighted by Gasteiger charge is 2.12. The molecule has 0 amide bonds. The standard InChI is InChI=1S/C13H15ClN2OS/c1-4-5-11-15-12(14)8(2)13(16-11)18-10-6-7-17-9(10)3/h6-7H,4-5H2,1-3H3. The zero-order chi connectivity index (χ0) is 13.1. The molecule has 5 heteroatoms. The van der Waals surface area contributed by atoms with Crippen LogP contribution in [0.4, 0.5) is 0 Å². The summed E-state index contributed by atoms with van der Waals surface area (Å²) in [5.74, 6) is 1.70. The van der Waals surface area contributed by atoms with Gasteiger partial charge in [-0.3, -0.25) is 0 Å². The van der Waals surface area contributed by atoms with Gasteiger partial charge in [-0.2, -0.15) is 0 Å². The first-order valence-electron chi connectivity index (χ1n) is 5.86. The Labute approximate surface area is 116 Å². The minimum atomic E-state index is 0.539. The molecule has 2 aromatic rings. The lowest BCUT2D eigenvalue weighted by atomic mass is 10.3. The van der Waals surface area contributed by atoms with Crippen LogP contribution in [0.3, 0.4) is 0 Å². The zero-order valence-corrected chi connectivity index (χ0v) is 12.2. The summed E-state index contributed by atoms with van der Waals surface area (Å²) in [6.07, 6.45) is 3.54. The molecule has 2 rings (SSSR count). The highest BCUT2D eigenvalue weighted by atomic mass is 35.5. The Morgan fingerprint density at radius 2 is 2.11 bits per heavy atom. The van der Waals surface area contributed by atoms with Crippen LogP contribution < -0.4 is 0 Å². The number of hydrogen-bond acceptors (Lipinski definition) is 4. The third-order valence-electron chi connectivity index (χ3n) is 2.58. The molecule has 0 fully saturated rings. The van der Waals surface area contributed by atoms with E-state index >= 15 is 0 Å². The molecule has 0 atom stereocenters. The van der Waals surface area contributed by atoms with E-state index < -0.39 is 0 Å². The van der Waals surface area contributed by atoms with Crippen molar-refractivity contribution in [3.63, 3.8) is 0 Å². The van der Waals surface area contributed by atoms with Gasteiger partial charge in [0.25, 0.3) is 0 Å². The Kier molecular flexibility index (Phi) is 4.30. The molecule has 0 N–H and O–H groups in total. The van der Waals surface area contributed by atoms with Crippen molar-refractivity contribution in [3.8, 4) is 0 Å². The molecule has 2 heterocycles. The van der Waals surface area contributed by atoms with Crippen molar-refractivity contribution in [1.82, 2.24) is 9.97 Å². The van der Waals surface area contributed by atoms with Gasteiger partial charge in [-0.05, 0) is 26.3 Å². The van der Waals surface area contributed by atoms with Gasteiger partial charge in [-0.1, -0.05) is 30.3 Å². The first-order chi connectivity index (χ1) is 8.61. The van der Waals surface area contributed by atoms with Crippen molar-refractivity contribution in [1.29, 1.82) is 0 Å². The van der Waals surface area contributed by atoms with E-state index in [1.807, 2.05) is 19.9 Å². The Morgan fingerprint density at radius 3 is 2.72 bits per heavy atom. The van der Waals surface area contributed by atoms with Crippen LogP contribution in [-0.2, 0) is 6.42 Å². The van der Waals surface area contributed by atoms with Gasteiger partial charge in [0.1, 0.15) is 21.8 Å². The van der Waals surface area contributed by atoms with Crippen LogP contribution in [-0.4, -0.2) is 9.97 Å². The number of rotatable bonds is 4. The molecule has 0 bridgehead atoms. The molecule has 0 radical (unpaired) electrons. The summed E-state index contributed by atoms with van der Waals surface area (Å²) in [6, 6.07) is 1.94. The molecule has 0 aliphatic rings. The molecule has 0 saturated heterocycles. The van der Waals surface area contributed by atoms with Crippen LogP contribution in [0.5, 0.6) is 0 Å². The monoisotopic (exact) mass is 282 g/mol. The SMILES string of the molecule is CCCc1nc(Cl)c(C)c(Sc2ccoc2C)n1. The summed E-state index contributed by atoms with van der Waals surface area (Å²) in [7, 11) is 0. The molecule has 0 aliphatic heterocycles. The lowest BCUT2D eigenvalue weighted by Crippen LogP contribution is -1.99. The highest BCUT2D eigenvalue weighted by Crippen LogP contribution is 2.33. The molecular weight excluding hydrogens is 268 g/mol. The fraction of sp³-hybridized carbons (Fsp3) is 0.385. The molecule has 18 heavy (non-hydrogen) atoms. The Morgan fingerprint density at radius 1 is 1.33 bits per heavy atom. The van der Waals surface area contributed by atoms with Gasteiger partial charge in [0.15, 0.2) is 0 Å². The molecule has 0 spiro atoms. The molecule has 0 saturated carbocycles. The molecular formula is C13H15ClN2OS. The summed E-state index contributed by atoms with van der Waals surface area (Å²) in [4.78, 5) is 9.92. The van der Waals surface area contributed by atoms with Gasteiger partial charge < -0.3 is 4.42 Å². The first-order valence-corrected chi connectivity index (χ1v) is 7.06. The number of furan rings is 1. The summed E-state index contributed by atoms with van der Waals surface area (Å²) in [5.41, 5.74) is 0.919. The maximum absolute atomic E-state index is 6.15. The maximum Gasteiger partial charge on any atom is 0.136 e. The quantitative estimate of drug-likeness (QED) is 0.777. The van der Waals surface area contributed by atoms with E-state index in [2.05, 4.69) is 16.9 Å². The zero-order valence-electron chi connectivity index (χ0n) is 10.7. The van der Waals surface area contributed by atoms with Gasteiger partial charge >= 0.3 is 0 Å². The Balaban J connectivity index is 2.34. The van der Waals surface area contributed by atoms with E-state index in [4.69, 9.17) is 16.0 Å². The normalized spacial score (nSPS) is 10.9. The van der Waals surface area contributed by atoms with E-state index in [1.54, 1.807) is 18.0 Å². The third kappa shape index (κ3) is 2.87. The van der Waals surface area contributed by atoms with Gasteiger partial charge in [0.2, 0.25) is 0 Å². The average Bonchev–Trinajstić information content (AvgIpc) is 2.72. The van der Waals surface area contributed by atoms with E-state index in [-0.39, 0.29) is 0 Å². The Bertz CT molecular complexity index is 554. The highest BCUT2D eigenvalue weighted by molar-refractivity contribution is 7.99. The number of halogens is 1. The fourth-order valence-corrected chi connectivity index (χ4v) is 2.70. The second kappa shape index (κ2) is 5.76. The van der Waals surface area contributed by atoms with Crippen LogP contribution >= 0.6 is 23.4 Å². The summed E-state index contributed by atoms with van der Waals surface area (Å²) < 4.78 is 5.29. The average molecular weight is 283 g/mol. The molecule has 3 nitrogen and oxygen atoms in total. The largest absolute Gasteiger partial charge is 0.468 e. The smallest absolute Gasteiger partial charge is 0.136 e. The molecule has 2 aromatic heterocycles. The van der Waals surface area contributed by atoms with Crippen LogP contribution in [0.2, 0.25) is 5.15 Å². The topological polar surface area (TPSA) is 38.9 Å². The number of hydrogen-bond donors (Lipinski definition) is 0. The number of nitrogens with zero attached hydrogens (tertiary/aromatic N) is 2. The van der Waals surface area contributed by atoms with Crippen molar-refractivity contribution in [2.45, 2.75) is 43.5 Å². The van der Waals surface area contributed by atoms with Crippen LogP contribution in [0, 0.1) is 13.8 Å². The summed E-state index contributed by atoms with van der Waals surface area (Å²) in [5, 5.41) is 1.44. The van der Waals surface area contributed by atoms with Gasteiger partial charge in [0, 0.05) is 12.0 Å². The van der Waals surface area contributed by atoms with Crippen molar-refractivity contribution < 1.29 is 4.42 Å².